The maximum absolute atomic E-state index is 12.8. The van der Waals surface area contributed by atoms with Gasteiger partial charge in [0.25, 0.3) is 0 Å². The van der Waals surface area contributed by atoms with Crippen LogP contribution in [0, 0.1) is 11.6 Å². The molecule has 13 heavy (non-hydrogen) atoms. The lowest BCUT2D eigenvalue weighted by atomic mass is 10.1. The number of hydrogen-bond donors (Lipinski definition) is 0. The van der Waals surface area contributed by atoms with Gasteiger partial charge >= 0.3 is 0 Å². The van der Waals surface area contributed by atoms with Crippen molar-refractivity contribution in [2.24, 2.45) is 0 Å². The molecule has 0 radical (unpaired) electrons. The second-order valence-corrected chi connectivity index (χ2v) is 4.57. The van der Waals surface area contributed by atoms with Crippen molar-refractivity contribution in [1.82, 2.24) is 0 Å². The van der Waals surface area contributed by atoms with Gasteiger partial charge in [0.05, 0.1) is 0 Å². The summed E-state index contributed by atoms with van der Waals surface area (Å²) in [6.07, 6.45) is 0.833. The van der Waals surface area contributed by atoms with E-state index in [0.717, 1.165) is 18.1 Å². The van der Waals surface area contributed by atoms with E-state index >= 15 is 0 Å². The monoisotopic (exact) mass is 202 g/mol. The van der Waals surface area contributed by atoms with Crippen LogP contribution < -0.4 is 0 Å². The van der Waals surface area contributed by atoms with E-state index in [9.17, 15) is 8.78 Å². The third-order valence-electron chi connectivity index (χ3n) is 2.52. The summed E-state index contributed by atoms with van der Waals surface area (Å²) in [5, 5.41) is 0. The van der Waals surface area contributed by atoms with Crippen LogP contribution >= 0.6 is 11.6 Å². The molecule has 2 rings (SSSR count). The average Bonchev–Trinajstić information content (AvgIpc) is 2.66. The summed E-state index contributed by atoms with van der Waals surface area (Å²) in [5.74, 6) is -1.43. The number of rotatable bonds is 1. The van der Waals surface area contributed by atoms with Gasteiger partial charge < -0.3 is 0 Å². The lowest BCUT2D eigenvalue weighted by Crippen LogP contribution is -1.94. The van der Waals surface area contributed by atoms with Gasteiger partial charge in [0.15, 0.2) is 11.6 Å². The van der Waals surface area contributed by atoms with Crippen LogP contribution in [0.3, 0.4) is 0 Å². The van der Waals surface area contributed by atoms with E-state index in [1.54, 1.807) is 6.07 Å². The topological polar surface area (TPSA) is 0 Å². The van der Waals surface area contributed by atoms with Crippen LogP contribution in [0.25, 0.3) is 0 Å². The first-order valence-electron chi connectivity index (χ1n) is 4.14. The largest absolute Gasteiger partial charge is 0.204 e. The van der Waals surface area contributed by atoms with Crippen molar-refractivity contribution >= 4 is 11.6 Å². The van der Waals surface area contributed by atoms with Crippen molar-refractivity contribution in [2.75, 3.05) is 0 Å². The zero-order chi connectivity index (χ0) is 9.64. The van der Waals surface area contributed by atoms with Gasteiger partial charge in [0.2, 0.25) is 0 Å². The molecule has 0 saturated heterocycles. The first kappa shape index (κ1) is 8.95. The Hall–Kier alpha value is -0.630. The maximum Gasteiger partial charge on any atom is 0.159 e. The third-order valence-corrected chi connectivity index (χ3v) is 2.93. The van der Waals surface area contributed by atoms with E-state index in [1.807, 2.05) is 6.92 Å². The Labute approximate surface area is 80.5 Å². The Bertz CT molecular complexity index is 347. The molecule has 0 heterocycles. The van der Waals surface area contributed by atoms with Gasteiger partial charge in [-0.25, -0.2) is 8.78 Å². The van der Waals surface area contributed by atoms with Gasteiger partial charge in [0, 0.05) is 10.8 Å². The fourth-order valence-electron chi connectivity index (χ4n) is 1.53. The molecule has 1 aromatic rings. The Kier molecular flexibility index (Phi) is 1.84. The summed E-state index contributed by atoms with van der Waals surface area (Å²) in [4.78, 5) is -0.260. The van der Waals surface area contributed by atoms with Crippen molar-refractivity contribution in [1.29, 1.82) is 0 Å². The molecule has 0 bridgehead atoms. The Balaban J connectivity index is 2.29. The minimum atomic E-state index is -0.805. The summed E-state index contributed by atoms with van der Waals surface area (Å²) in [7, 11) is 0. The highest BCUT2D eigenvalue weighted by Crippen LogP contribution is 2.56. The molecule has 1 aliphatic rings. The van der Waals surface area contributed by atoms with Gasteiger partial charge in [-0.1, -0.05) is 6.07 Å². The summed E-state index contributed by atoms with van der Waals surface area (Å²) in [5.41, 5.74) is 0.788. The molecule has 0 amide bonds. The van der Waals surface area contributed by atoms with Crippen LogP contribution in [0.5, 0.6) is 0 Å². The zero-order valence-corrected chi connectivity index (χ0v) is 7.91. The highest BCUT2D eigenvalue weighted by molar-refractivity contribution is 6.26. The van der Waals surface area contributed by atoms with Gasteiger partial charge in [-0.3, -0.25) is 0 Å². The van der Waals surface area contributed by atoms with Gasteiger partial charge in [0.1, 0.15) is 0 Å². The lowest BCUT2D eigenvalue weighted by Gasteiger charge is -2.02. The maximum atomic E-state index is 12.8. The molecule has 70 valence electrons. The van der Waals surface area contributed by atoms with Crippen LogP contribution in [0.2, 0.25) is 0 Å². The van der Waals surface area contributed by atoms with E-state index in [0.29, 0.717) is 0 Å². The number of benzene rings is 1. The van der Waals surface area contributed by atoms with Crippen LogP contribution in [0.1, 0.15) is 24.8 Å². The van der Waals surface area contributed by atoms with Crippen molar-refractivity contribution in [3.05, 3.63) is 35.4 Å². The molecule has 1 fully saturated rings. The third kappa shape index (κ3) is 1.55. The molecular weight excluding hydrogens is 194 g/mol. The summed E-state index contributed by atoms with van der Waals surface area (Å²) >= 11 is 6.02. The van der Waals surface area contributed by atoms with Crippen LogP contribution in [0.4, 0.5) is 8.78 Å². The summed E-state index contributed by atoms with van der Waals surface area (Å²) in [6.45, 7) is 1.90. The minimum absolute atomic E-state index is 0.171. The summed E-state index contributed by atoms with van der Waals surface area (Å²) in [6, 6.07) is 3.97. The lowest BCUT2D eigenvalue weighted by molar-refractivity contribution is 0.507. The second kappa shape index (κ2) is 2.68. The van der Waals surface area contributed by atoms with E-state index in [2.05, 4.69) is 0 Å². The quantitative estimate of drug-likeness (QED) is 0.612. The van der Waals surface area contributed by atoms with Crippen molar-refractivity contribution < 1.29 is 8.78 Å². The van der Waals surface area contributed by atoms with Crippen LogP contribution in [-0.2, 0) is 0 Å². The predicted molar refractivity (Wildman–Crippen MR) is 48.0 cm³/mol. The van der Waals surface area contributed by atoms with Crippen molar-refractivity contribution in [3.8, 4) is 0 Å². The fraction of sp³-hybridized carbons (Fsp3) is 0.400. The smallest absolute Gasteiger partial charge is 0.159 e. The average molecular weight is 203 g/mol. The molecule has 0 nitrogen and oxygen atoms in total. The fourth-order valence-corrected chi connectivity index (χ4v) is 1.81. The van der Waals surface area contributed by atoms with E-state index in [-0.39, 0.29) is 10.8 Å². The van der Waals surface area contributed by atoms with Crippen molar-refractivity contribution in [2.45, 2.75) is 24.1 Å². The first-order valence-corrected chi connectivity index (χ1v) is 4.52. The molecule has 3 heteroatoms. The van der Waals surface area contributed by atoms with E-state index in [4.69, 9.17) is 11.6 Å². The molecule has 2 atom stereocenters. The SMILES string of the molecule is CC1(Cl)CC1c1ccc(F)c(F)c1. The molecule has 0 N–H and O–H groups in total. The van der Waals surface area contributed by atoms with Gasteiger partial charge in [-0.2, -0.15) is 0 Å². The van der Waals surface area contributed by atoms with Gasteiger partial charge in [-0.15, -0.1) is 11.6 Å². The molecule has 2 unspecified atom stereocenters. The van der Waals surface area contributed by atoms with E-state index in [1.165, 1.54) is 6.07 Å². The molecular formula is C10H9ClF2. The molecule has 0 spiro atoms. The minimum Gasteiger partial charge on any atom is -0.204 e. The summed E-state index contributed by atoms with van der Waals surface area (Å²) < 4.78 is 25.4. The molecule has 1 aromatic carbocycles. The van der Waals surface area contributed by atoms with Gasteiger partial charge in [-0.05, 0) is 31.0 Å². The molecule has 0 aromatic heterocycles. The van der Waals surface area contributed by atoms with Crippen molar-refractivity contribution in [3.63, 3.8) is 0 Å². The van der Waals surface area contributed by atoms with E-state index < -0.39 is 11.6 Å². The highest BCUT2D eigenvalue weighted by atomic mass is 35.5. The number of halogens is 3. The normalized spacial score (nSPS) is 31.8. The highest BCUT2D eigenvalue weighted by Gasteiger charge is 2.49. The molecule has 0 aliphatic heterocycles. The molecule has 1 saturated carbocycles. The molecule has 1 aliphatic carbocycles. The number of alkyl halides is 1. The number of hydrogen-bond acceptors (Lipinski definition) is 0. The Morgan fingerprint density at radius 2 is 2.00 bits per heavy atom. The Morgan fingerprint density at radius 1 is 1.38 bits per heavy atom. The van der Waals surface area contributed by atoms with Crippen LogP contribution in [-0.4, -0.2) is 4.87 Å². The Morgan fingerprint density at radius 3 is 2.46 bits per heavy atom. The van der Waals surface area contributed by atoms with Crippen LogP contribution in [0.15, 0.2) is 18.2 Å². The predicted octanol–water partition coefficient (Wildman–Crippen LogP) is 3.45. The standard InChI is InChI=1S/C10H9ClF2/c1-10(11)5-7(10)6-2-3-8(12)9(13)4-6/h2-4,7H,5H2,1H3. The first-order chi connectivity index (χ1) is 6.00. The zero-order valence-electron chi connectivity index (χ0n) is 7.15. The second-order valence-electron chi connectivity index (χ2n) is 3.71.